The van der Waals surface area contributed by atoms with Crippen molar-refractivity contribution in [3.05, 3.63) is 25.3 Å². The zero-order valence-electron chi connectivity index (χ0n) is 16.9. The summed E-state index contributed by atoms with van der Waals surface area (Å²) in [6.07, 6.45) is 6.28. The zero-order valence-corrected chi connectivity index (χ0v) is 16.9. The van der Waals surface area contributed by atoms with Crippen molar-refractivity contribution in [2.75, 3.05) is 19.6 Å². The molecule has 4 unspecified atom stereocenters. The van der Waals surface area contributed by atoms with Gasteiger partial charge in [0.15, 0.2) is 5.96 Å². The summed E-state index contributed by atoms with van der Waals surface area (Å²) in [5.74, 6) is -1.84. The number of aliphatic imine (C=N–C) groups is 1. The second-order valence-corrected chi connectivity index (χ2v) is 7.12. The number of guanidine groups is 1. The lowest BCUT2D eigenvalue weighted by atomic mass is 9.89. The number of nitrogens with two attached hydrogens (primary N) is 1. The summed E-state index contributed by atoms with van der Waals surface area (Å²) in [6, 6.07) is -0.426. The summed E-state index contributed by atoms with van der Waals surface area (Å²) in [5, 5.41) is 5.14. The van der Waals surface area contributed by atoms with E-state index in [1.54, 1.807) is 0 Å². The molecule has 0 spiro atoms. The molecule has 4 amide bonds. The van der Waals surface area contributed by atoms with Gasteiger partial charge >= 0.3 is 6.03 Å². The lowest BCUT2D eigenvalue weighted by Crippen LogP contribution is -2.44. The first-order valence-corrected chi connectivity index (χ1v) is 10.0. The molecule has 160 valence electrons. The van der Waals surface area contributed by atoms with Crippen molar-refractivity contribution in [2.45, 2.75) is 44.8 Å². The van der Waals surface area contributed by atoms with E-state index < -0.39 is 30.1 Å². The lowest BCUT2D eigenvalue weighted by Gasteiger charge is -2.18. The molecule has 2 aliphatic heterocycles. The topological polar surface area (TPSA) is 126 Å². The fourth-order valence-electron chi connectivity index (χ4n) is 3.67. The second-order valence-electron chi connectivity index (χ2n) is 7.12. The fourth-order valence-corrected chi connectivity index (χ4v) is 3.67. The molecule has 0 aromatic rings. The fraction of sp³-hybridized carbons (Fsp3) is 0.600. The Labute approximate surface area is 171 Å². The SMILES string of the molecule is C=CC1OC(C=C)C2C(=O)N(CCN=C(N)NC(=O)NCCCCCC)C(=O)C12. The lowest BCUT2D eigenvalue weighted by molar-refractivity contribution is -0.142. The van der Waals surface area contributed by atoms with Crippen LogP contribution in [0.4, 0.5) is 4.79 Å². The molecule has 0 saturated carbocycles. The van der Waals surface area contributed by atoms with Crippen LogP contribution in [0.2, 0.25) is 0 Å². The maximum absolute atomic E-state index is 12.7. The van der Waals surface area contributed by atoms with Crippen LogP contribution in [0.3, 0.4) is 0 Å². The number of imide groups is 1. The number of amides is 4. The molecule has 9 heteroatoms. The van der Waals surface area contributed by atoms with E-state index in [4.69, 9.17) is 10.5 Å². The highest BCUT2D eigenvalue weighted by atomic mass is 16.5. The molecule has 2 fully saturated rings. The van der Waals surface area contributed by atoms with E-state index in [-0.39, 0.29) is 30.9 Å². The van der Waals surface area contributed by atoms with E-state index in [9.17, 15) is 14.4 Å². The van der Waals surface area contributed by atoms with Crippen molar-refractivity contribution >= 4 is 23.8 Å². The summed E-state index contributed by atoms with van der Waals surface area (Å²) in [5.41, 5.74) is 5.70. The van der Waals surface area contributed by atoms with Crippen LogP contribution in [-0.4, -0.2) is 60.5 Å². The van der Waals surface area contributed by atoms with E-state index >= 15 is 0 Å². The van der Waals surface area contributed by atoms with Crippen molar-refractivity contribution in [3.63, 3.8) is 0 Å². The Kier molecular flexibility index (Phi) is 8.38. The Bertz CT molecular complexity index is 646. The normalized spacial score (nSPS) is 26.4. The minimum Gasteiger partial charge on any atom is -0.370 e. The zero-order chi connectivity index (χ0) is 21.4. The molecule has 4 N–H and O–H groups in total. The van der Waals surface area contributed by atoms with Gasteiger partial charge in [-0.15, -0.1) is 13.2 Å². The monoisotopic (exact) mass is 405 g/mol. The highest BCUT2D eigenvalue weighted by Crippen LogP contribution is 2.41. The maximum Gasteiger partial charge on any atom is 0.321 e. The number of unbranched alkanes of at least 4 members (excludes halogenated alkanes) is 3. The Balaban J connectivity index is 1.81. The van der Waals surface area contributed by atoms with Gasteiger partial charge in [0.25, 0.3) is 0 Å². The number of urea groups is 1. The van der Waals surface area contributed by atoms with Gasteiger partial charge in [0.2, 0.25) is 11.8 Å². The number of hydrogen-bond donors (Lipinski definition) is 3. The molecule has 29 heavy (non-hydrogen) atoms. The molecule has 0 radical (unpaired) electrons. The third-order valence-electron chi connectivity index (χ3n) is 5.14. The Hall–Kier alpha value is -2.68. The van der Waals surface area contributed by atoms with Gasteiger partial charge < -0.3 is 15.8 Å². The van der Waals surface area contributed by atoms with Crippen molar-refractivity contribution in [1.29, 1.82) is 0 Å². The number of rotatable bonds is 10. The molecule has 2 heterocycles. The van der Waals surface area contributed by atoms with Gasteiger partial charge in [-0.05, 0) is 6.42 Å². The van der Waals surface area contributed by atoms with Crippen LogP contribution in [0.15, 0.2) is 30.3 Å². The van der Waals surface area contributed by atoms with Crippen LogP contribution in [0.5, 0.6) is 0 Å². The average molecular weight is 405 g/mol. The Morgan fingerprint density at radius 3 is 2.34 bits per heavy atom. The molecule has 0 aliphatic carbocycles. The molecular formula is C20H31N5O4. The molecule has 0 aromatic carbocycles. The smallest absolute Gasteiger partial charge is 0.321 e. The summed E-state index contributed by atoms with van der Waals surface area (Å²) < 4.78 is 5.65. The van der Waals surface area contributed by atoms with Crippen molar-refractivity contribution in [1.82, 2.24) is 15.5 Å². The third-order valence-corrected chi connectivity index (χ3v) is 5.14. The first-order valence-electron chi connectivity index (χ1n) is 10.0. The van der Waals surface area contributed by atoms with E-state index in [0.717, 1.165) is 25.7 Å². The van der Waals surface area contributed by atoms with Gasteiger partial charge in [-0.2, -0.15) is 0 Å². The molecule has 0 bridgehead atoms. The number of nitrogens with one attached hydrogen (secondary N) is 2. The van der Waals surface area contributed by atoms with E-state index in [0.29, 0.717) is 6.54 Å². The van der Waals surface area contributed by atoms with Crippen LogP contribution < -0.4 is 16.4 Å². The highest BCUT2D eigenvalue weighted by molar-refractivity contribution is 6.06. The molecule has 2 saturated heterocycles. The molecule has 9 nitrogen and oxygen atoms in total. The van der Waals surface area contributed by atoms with Crippen molar-refractivity contribution < 1.29 is 19.1 Å². The van der Waals surface area contributed by atoms with Gasteiger partial charge in [0.1, 0.15) is 0 Å². The van der Waals surface area contributed by atoms with Crippen LogP contribution in [-0.2, 0) is 14.3 Å². The number of fused-ring (bicyclic) bond motifs is 1. The minimum atomic E-state index is -0.582. The first kappa shape index (κ1) is 22.6. The van der Waals surface area contributed by atoms with E-state index in [2.05, 4.69) is 35.7 Å². The quantitative estimate of drug-likeness (QED) is 0.164. The van der Waals surface area contributed by atoms with E-state index in [1.165, 1.54) is 17.1 Å². The second kappa shape index (κ2) is 10.8. The number of carbonyl (C=O) groups excluding carboxylic acids is 3. The summed E-state index contributed by atoms with van der Waals surface area (Å²) >= 11 is 0. The standard InChI is InChI=1S/C20H31N5O4/c1-4-7-8-9-10-23-20(28)24-19(21)22-11-12-25-17(26)15-13(5-2)29-14(6-3)16(15)18(25)27/h5-6,13-16H,2-4,7-12H2,1H3,(H4,21,22,23,24,28). The third kappa shape index (κ3) is 5.44. The molecular weight excluding hydrogens is 374 g/mol. The molecule has 2 rings (SSSR count). The van der Waals surface area contributed by atoms with Gasteiger partial charge in [-0.1, -0.05) is 38.3 Å². The average Bonchev–Trinajstić information content (AvgIpc) is 3.19. The Morgan fingerprint density at radius 1 is 1.17 bits per heavy atom. The van der Waals surface area contributed by atoms with Crippen LogP contribution in [0.25, 0.3) is 0 Å². The van der Waals surface area contributed by atoms with Crippen LogP contribution in [0.1, 0.15) is 32.6 Å². The number of carbonyl (C=O) groups is 3. The highest BCUT2D eigenvalue weighted by Gasteiger charge is 2.58. The van der Waals surface area contributed by atoms with Crippen molar-refractivity contribution in [3.8, 4) is 0 Å². The molecule has 4 atom stereocenters. The van der Waals surface area contributed by atoms with E-state index in [1.807, 2.05) is 0 Å². The number of hydrogen-bond acceptors (Lipinski definition) is 5. The summed E-state index contributed by atoms with van der Waals surface area (Å²) in [6.45, 7) is 10.2. The van der Waals surface area contributed by atoms with Gasteiger partial charge in [0, 0.05) is 13.1 Å². The number of likely N-dealkylation sites (tertiary alicyclic amines) is 1. The van der Waals surface area contributed by atoms with Crippen LogP contribution in [0, 0.1) is 11.8 Å². The predicted molar refractivity (Wildman–Crippen MR) is 110 cm³/mol. The summed E-state index contributed by atoms with van der Waals surface area (Å²) in [7, 11) is 0. The number of ether oxygens (including phenoxy) is 1. The minimum absolute atomic E-state index is 0.0633. The van der Waals surface area contributed by atoms with Gasteiger partial charge in [0.05, 0.1) is 30.6 Å². The number of nitrogens with zero attached hydrogens (tertiary/aromatic N) is 2. The van der Waals surface area contributed by atoms with Crippen LogP contribution >= 0.6 is 0 Å². The Morgan fingerprint density at radius 2 is 1.79 bits per heavy atom. The molecule has 0 aromatic heterocycles. The first-order chi connectivity index (χ1) is 13.9. The predicted octanol–water partition coefficient (Wildman–Crippen LogP) is 0.921. The van der Waals surface area contributed by atoms with Crippen molar-refractivity contribution in [2.24, 2.45) is 22.6 Å². The molecule has 2 aliphatic rings. The summed E-state index contributed by atoms with van der Waals surface area (Å²) in [4.78, 5) is 42.3. The maximum atomic E-state index is 12.7. The largest absolute Gasteiger partial charge is 0.370 e. The van der Waals surface area contributed by atoms with Gasteiger partial charge in [-0.25, -0.2) is 4.79 Å². The van der Waals surface area contributed by atoms with Gasteiger partial charge in [-0.3, -0.25) is 24.8 Å².